The number of aromatic carboxylic acids is 1. The largest absolute Gasteiger partial charge is 0.573 e. The molecule has 3 atom stereocenters. The molecule has 0 amide bonds. The van der Waals surface area contributed by atoms with Crippen LogP contribution >= 0.6 is 11.3 Å². The topological polar surface area (TPSA) is 111 Å². The summed E-state index contributed by atoms with van der Waals surface area (Å²) < 4.78 is 55.9. The molecule has 1 saturated carbocycles. The molecule has 6 rings (SSSR count). The summed E-state index contributed by atoms with van der Waals surface area (Å²) in [6, 6.07) is 9.38. The number of hydrogen-bond acceptors (Lipinski definition) is 9. The SMILES string of the molecule is CC[C@@H]1C[C@H](OCc2c(-c3ccccc3OC(F)(F)F)noc2C2CC2)C[C@H](C)N1c1nc(-c2ccc(C(=O)O)nc2)cs1. The number of ether oxygens (including phenoxy) is 2. The minimum Gasteiger partial charge on any atom is -0.477 e. The van der Waals surface area contributed by atoms with E-state index in [4.69, 9.17) is 19.4 Å². The molecule has 1 aromatic carbocycles. The third-order valence-electron chi connectivity index (χ3n) is 8.07. The first-order valence-corrected chi connectivity index (χ1v) is 15.4. The first-order chi connectivity index (χ1) is 21.1. The number of piperidine rings is 1. The standard InChI is InChI=1S/C31H31F3N4O5S/c1-3-20-13-21(12-17(2)38(20)30-36-25(16-44-30)19-10-11-24(29(39)40)35-14-19)41-15-23-27(37-43-28(23)18-8-9-18)22-6-4-5-7-26(22)42-31(32,33)34/h4-7,10-11,14,16-18,20-21H,3,8-9,12-13,15H2,1-2H3,(H,39,40)/t17-,20+,21+/m0/s1. The highest BCUT2D eigenvalue weighted by molar-refractivity contribution is 7.14. The van der Waals surface area contributed by atoms with E-state index in [0.717, 1.165) is 48.5 Å². The summed E-state index contributed by atoms with van der Waals surface area (Å²) in [5.74, 6) is -0.560. The molecule has 0 bridgehead atoms. The van der Waals surface area contributed by atoms with Crippen molar-refractivity contribution in [1.29, 1.82) is 0 Å². The molecule has 1 aliphatic carbocycles. The fraction of sp³-hybridized carbons (Fsp3) is 0.419. The van der Waals surface area contributed by atoms with Gasteiger partial charge in [0.1, 0.15) is 22.9 Å². The number of nitrogens with zero attached hydrogens (tertiary/aromatic N) is 4. The Bertz CT molecular complexity index is 1620. The highest BCUT2D eigenvalue weighted by Gasteiger charge is 2.38. The van der Waals surface area contributed by atoms with Crippen molar-refractivity contribution in [3.05, 3.63) is 65.0 Å². The van der Waals surface area contributed by atoms with Crippen LogP contribution in [0, 0.1) is 0 Å². The molecule has 4 heterocycles. The van der Waals surface area contributed by atoms with Gasteiger partial charge in [-0.05, 0) is 63.3 Å². The number of benzene rings is 1. The highest BCUT2D eigenvalue weighted by Crippen LogP contribution is 2.46. The number of carboxylic acids is 1. The third-order valence-corrected chi connectivity index (χ3v) is 8.92. The van der Waals surface area contributed by atoms with Gasteiger partial charge in [-0.3, -0.25) is 0 Å². The van der Waals surface area contributed by atoms with E-state index in [0.29, 0.717) is 17.0 Å². The number of carboxylic acid groups (broad SMARTS) is 1. The van der Waals surface area contributed by atoms with Crippen LogP contribution in [-0.4, -0.2) is 50.8 Å². The van der Waals surface area contributed by atoms with Crippen molar-refractivity contribution in [1.82, 2.24) is 15.1 Å². The number of aromatic nitrogens is 3. The molecule has 9 nitrogen and oxygen atoms in total. The van der Waals surface area contributed by atoms with E-state index in [-0.39, 0.29) is 47.7 Å². The molecule has 2 fully saturated rings. The van der Waals surface area contributed by atoms with Crippen molar-refractivity contribution < 1.29 is 37.1 Å². The van der Waals surface area contributed by atoms with Gasteiger partial charge >= 0.3 is 12.3 Å². The van der Waals surface area contributed by atoms with Crippen LogP contribution in [0.2, 0.25) is 0 Å². The van der Waals surface area contributed by atoms with Gasteiger partial charge in [-0.1, -0.05) is 24.2 Å². The van der Waals surface area contributed by atoms with Gasteiger partial charge < -0.3 is 24.0 Å². The summed E-state index contributed by atoms with van der Waals surface area (Å²) in [5, 5.41) is 16.1. The maximum Gasteiger partial charge on any atom is 0.573 e. The molecular formula is C31H31F3N4O5S. The van der Waals surface area contributed by atoms with Crippen molar-refractivity contribution in [2.45, 2.75) is 83.0 Å². The van der Waals surface area contributed by atoms with Gasteiger partial charge in [0.05, 0.1) is 18.4 Å². The number of alkyl halides is 3. The lowest BCUT2D eigenvalue weighted by Gasteiger charge is -2.43. The monoisotopic (exact) mass is 628 g/mol. The minimum absolute atomic E-state index is 0.0210. The summed E-state index contributed by atoms with van der Waals surface area (Å²) in [6.45, 7) is 4.42. The molecule has 1 N–H and O–H groups in total. The second kappa shape index (κ2) is 12.2. The average molecular weight is 629 g/mol. The van der Waals surface area contributed by atoms with Gasteiger partial charge in [-0.2, -0.15) is 0 Å². The second-order valence-corrected chi connectivity index (χ2v) is 12.0. The highest BCUT2D eigenvalue weighted by atomic mass is 32.1. The Kier molecular flexibility index (Phi) is 8.34. The van der Waals surface area contributed by atoms with Crippen LogP contribution in [0.3, 0.4) is 0 Å². The van der Waals surface area contributed by atoms with Crippen LogP contribution in [0.15, 0.2) is 52.5 Å². The maximum absolute atomic E-state index is 13.1. The van der Waals surface area contributed by atoms with Crippen molar-refractivity contribution in [3.8, 4) is 28.3 Å². The number of para-hydroxylation sites is 1. The van der Waals surface area contributed by atoms with E-state index in [1.807, 2.05) is 5.38 Å². The zero-order chi connectivity index (χ0) is 31.0. The Morgan fingerprint density at radius 3 is 2.66 bits per heavy atom. The maximum atomic E-state index is 13.1. The van der Waals surface area contributed by atoms with Crippen molar-refractivity contribution in [2.75, 3.05) is 4.90 Å². The Balaban J connectivity index is 1.18. The molecule has 0 radical (unpaired) electrons. The Labute approximate surface area is 255 Å². The molecule has 2 aliphatic rings. The van der Waals surface area contributed by atoms with E-state index < -0.39 is 12.3 Å². The van der Waals surface area contributed by atoms with Crippen LogP contribution < -0.4 is 9.64 Å². The quantitative estimate of drug-likeness (QED) is 0.189. The predicted molar refractivity (Wildman–Crippen MR) is 157 cm³/mol. The molecule has 0 spiro atoms. The van der Waals surface area contributed by atoms with Gasteiger partial charge in [0.2, 0.25) is 0 Å². The Morgan fingerprint density at radius 2 is 1.98 bits per heavy atom. The molecule has 1 aliphatic heterocycles. The summed E-state index contributed by atoms with van der Waals surface area (Å²) in [7, 11) is 0. The van der Waals surface area contributed by atoms with Crippen molar-refractivity contribution in [2.24, 2.45) is 0 Å². The molecule has 4 aromatic rings. The minimum atomic E-state index is -4.84. The number of anilines is 1. The first-order valence-electron chi connectivity index (χ1n) is 14.5. The van der Waals surface area contributed by atoms with Gasteiger partial charge in [-0.15, -0.1) is 24.5 Å². The fourth-order valence-electron chi connectivity index (χ4n) is 5.82. The van der Waals surface area contributed by atoms with Gasteiger partial charge in [0.25, 0.3) is 0 Å². The first kappa shape index (κ1) is 30.1. The van der Waals surface area contributed by atoms with Gasteiger partial charge in [-0.25, -0.2) is 14.8 Å². The molecule has 3 aromatic heterocycles. The van der Waals surface area contributed by atoms with Crippen LogP contribution in [-0.2, 0) is 11.3 Å². The summed E-state index contributed by atoms with van der Waals surface area (Å²) in [6.07, 6.45) is 0.805. The molecule has 0 unspecified atom stereocenters. The van der Waals surface area contributed by atoms with Gasteiger partial charge in [0.15, 0.2) is 5.13 Å². The normalized spacial score (nSPS) is 20.6. The van der Waals surface area contributed by atoms with Crippen molar-refractivity contribution in [3.63, 3.8) is 0 Å². The molecular weight excluding hydrogens is 597 g/mol. The zero-order valence-electron chi connectivity index (χ0n) is 24.1. The van der Waals surface area contributed by atoms with E-state index >= 15 is 0 Å². The van der Waals surface area contributed by atoms with E-state index in [1.165, 1.54) is 35.7 Å². The fourth-order valence-corrected chi connectivity index (χ4v) is 6.82. The molecule has 13 heteroatoms. The lowest BCUT2D eigenvalue weighted by atomic mass is 9.92. The van der Waals surface area contributed by atoms with Crippen molar-refractivity contribution >= 4 is 22.4 Å². The zero-order valence-corrected chi connectivity index (χ0v) is 24.9. The van der Waals surface area contributed by atoms with Crippen LogP contribution in [0.1, 0.15) is 73.7 Å². The van der Waals surface area contributed by atoms with E-state index in [9.17, 15) is 18.0 Å². The van der Waals surface area contributed by atoms with E-state index in [2.05, 4.69) is 33.6 Å². The molecule has 44 heavy (non-hydrogen) atoms. The lowest BCUT2D eigenvalue weighted by molar-refractivity contribution is -0.274. The third kappa shape index (κ3) is 6.43. The number of hydrogen-bond donors (Lipinski definition) is 1. The average Bonchev–Trinajstić information content (AvgIpc) is 3.56. The number of halogens is 3. The number of carbonyl (C=O) groups is 1. The number of pyridine rings is 1. The molecule has 232 valence electrons. The van der Waals surface area contributed by atoms with Crippen LogP contribution in [0.4, 0.5) is 18.3 Å². The predicted octanol–water partition coefficient (Wildman–Crippen LogP) is 7.69. The van der Waals surface area contributed by atoms with Crippen LogP contribution in [0.5, 0.6) is 5.75 Å². The number of rotatable bonds is 10. The second-order valence-electron chi connectivity index (χ2n) is 11.2. The Hall–Kier alpha value is -3.97. The Morgan fingerprint density at radius 1 is 1.18 bits per heavy atom. The van der Waals surface area contributed by atoms with Crippen LogP contribution in [0.25, 0.3) is 22.5 Å². The summed E-state index contributed by atoms with van der Waals surface area (Å²) in [4.78, 5) is 22.3. The lowest BCUT2D eigenvalue weighted by Crippen LogP contribution is -2.50. The van der Waals surface area contributed by atoms with E-state index in [1.54, 1.807) is 18.2 Å². The number of thiazole rings is 1. The van der Waals surface area contributed by atoms with Gasteiger partial charge in [0, 0.05) is 46.3 Å². The summed E-state index contributed by atoms with van der Waals surface area (Å²) in [5.41, 5.74) is 2.65. The smallest absolute Gasteiger partial charge is 0.477 e. The summed E-state index contributed by atoms with van der Waals surface area (Å²) >= 11 is 1.53. The molecule has 1 saturated heterocycles.